The van der Waals surface area contributed by atoms with Crippen LogP contribution in [0.4, 0.5) is 17.1 Å². The Balaban J connectivity index is 0.000000198. The summed E-state index contributed by atoms with van der Waals surface area (Å²) in [4.78, 5) is 75.7. The summed E-state index contributed by atoms with van der Waals surface area (Å²) in [6.45, 7) is 1.88. The lowest BCUT2D eigenvalue weighted by atomic mass is 10.1. The number of aromatic hydroxyl groups is 1. The van der Waals surface area contributed by atoms with Crippen molar-refractivity contribution in [3.8, 4) is 34.5 Å². The molecule has 7 aromatic carbocycles. The highest BCUT2D eigenvalue weighted by atomic mass is 16.6. The van der Waals surface area contributed by atoms with Crippen molar-refractivity contribution in [1.29, 1.82) is 0 Å². The summed E-state index contributed by atoms with van der Waals surface area (Å²) in [7, 11) is 0. The number of ether oxygens (including phenoxy) is 5. The number of nitro groups is 3. The Morgan fingerprint density at radius 3 is 1.09 bits per heavy atom. The fourth-order valence-electron chi connectivity index (χ4n) is 6.21. The zero-order valence-corrected chi connectivity index (χ0v) is 37.0. The standard InChI is InChI=1S/C21H17NO5.C16H13NO6.C14H11NO5/c23-13-18-19(22(24)25)11-12-20(26-14-16-7-3-1-4-8-16)21(18)27-15-17-9-5-2-6-10-17;1-11(19)23-16-13(9-18)14(17(20)21)7-8-15(16)22-10-12-5-3-2-4-6-12;16-8-11-12(15(18)19)6-7-13(14(11)17)20-9-10-4-2-1-3-5-10/h1-13H,14-15H2;2-9H,10H2,1H3;1-8,17H,9H2. The molecular weight excluding hydrogens is 911 g/mol. The Bertz CT molecular complexity index is 2940. The number of hydrogen-bond donors (Lipinski definition) is 1. The van der Waals surface area contributed by atoms with Crippen LogP contribution in [0, 0.1) is 30.3 Å². The quantitative estimate of drug-likeness (QED) is 0.0260. The minimum Gasteiger partial charge on any atom is -0.504 e. The first-order valence-corrected chi connectivity index (χ1v) is 20.7. The van der Waals surface area contributed by atoms with Crippen LogP contribution < -0.4 is 23.7 Å². The number of nitrogens with zero attached hydrogens (tertiary/aromatic N) is 3. The molecule has 0 saturated heterocycles. The van der Waals surface area contributed by atoms with Crippen LogP contribution in [0.3, 0.4) is 0 Å². The van der Waals surface area contributed by atoms with Crippen LogP contribution in [0.2, 0.25) is 0 Å². The highest BCUT2D eigenvalue weighted by molar-refractivity contribution is 5.90. The second kappa shape index (κ2) is 25.8. The Morgan fingerprint density at radius 2 is 0.743 bits per heavy atom. The number of esters is 1. The molecule has 0 aliphatic carbocycles. The summed E-state index contributed by atoms with van der Waals surface area (Å²) >= 11 is 0. The number of phenolic OH excluding ortho intramolecular Hbond substituents is 1. The molecule has 7 aromatic rings. The molecule has 0 heterocycles. The van der Waals surface area contributed by atoms with Crippen molar-refractivity contribution in [3.63, 3.8) is 0 Å². The van der Waals surface area contributed by atoms with Gasteiger partial charge < -0.3 is 28.8 Å². The number of hydrogen-bond acceptors (Lipinski definition) is 16. The zero-order valence-electron chi connectivity index (χ0n) is 37.0. The van der Waals surface area contributed by atoms with Gasteiger partial charge in [-0.2, -0.15) is 0 Å². The lowest BCUT2D eigenvalue weighted by molar-refractivity contribution is -0.385. The molecule has 356 valence electrons. The summed E-state index contributed by atoms with van der Waals surface area (Å²) in [6, 6.07) is 44.7. The molecule has 19 heteroatoms. The number of aldehydes is 3. The van der Waals surface area contributed by atoms with E-state index in [0.29, 0.717) is 6.29 Å². The third kappa shape index (κ3) is 14.4. The van der Waals surface area contributed by atoms with E-state index in [9.17, 15) is 54.6 Å². The maximum Gasteiger partial charge on any atom is 0.308 e. The summed E-state index contributed by atoms with van der Waals surface area (Å²) < 4.78 is 27.4. The number of rotatable bonds is 19. The number of benzene rings is 7. The largest absolute Gasteiger partial charge is 0.504 e. The van der Waals surface area contributed by atoms with Gasteiger partial charge in [0.1, 0.15) is 43.1 Å². The average molecular weight is 952 g/mol. The molecule has 0 fully saturated rings. The van der Waals surface area contributed by atoms with Gasteiger partial charge >= 0.3 is 5.97 Å². The smallest absolute Gasteiger partial charge is 0.308 e. The number of nitro benzene ring substituents is 3. The van der Waals surface area contributed by atoms with E-state index < -0.39 is 37.9 Å². The number of carbonyl (C=O) groups excluding carboxylic acids is 4. The summed E-state index contributed by atoms with van der Waals surface area (Å²) in [5.41, 5.74) is 1.43. The molecule has 0 aliphatic rings. The van der Waals surface area contributed by atoms with Crippen LogP contribution in [0.25, 0.3) is 0 Å². The first kappa shape index (κ1) is 51.2. The molecule has 0 saturated carbocycles. The van der Waals surface area contributed by atoms with E-state index in [0.717, 1.165) is 41.3 Å². The molecule has 0 bridgehead atoms. The molecule has 0 aliphatic heterocycles. The van der Waals surface area contributed by atoms with Crippen molar-refractivity contribution < 1.29 is 62.7 Å². The molecule has 0 amide bonds. The van der Waals surface area contributed by atoms with E-state index in [1.54, 1.807) is 0 Å². The van der Waals surface area contributed by atoms with E-state index >= 15 is 0 Å². The number of phenols is 1. The third-order valence-electron chi connectivity index (χ3n) is 9.56. The normalized spacial score (nSPS) is 10.1. The van der Waals surface area contributed by atoms with Crippen molar-refractivity contribution in [3.05, 3.63) is 227 Å². The van der Waals surface area contributed by atoms with Crippen molar-refractivity contribution in [2.24, 2.45) is 0 Å². The van der Waals surface area contributed by atoms with Crippen molar-refractivity contribution >= 4 is 41.9 Å². The van der Waals surface area contributed by atoms with Crippen molar-refractivity contribution in [2.45, 2.75) is 33.4 Å². The van der Waals surface area contributed by atoms with Crippen LogP contribution in [0.5, 0.6) is 34.5 Å². The molecule has 0 aromatic heterocycles. The van der Waals surface area contributed by atoms with Crippen LogP contribution >= 0.6 is 0 Å². The second-order valence-corrected chi connectivity index (χ2v) is 14.3. The van der Waals surface area contributed by atoms with E-state index in [2.05, 4.69) is 0 Å². The lowest BCUT2D eigenvalue weighted by Gasteiger charge is -2.15. The predicted molar refractivity (Wildman–Crippen MR) is 252 cm³/mol. The minimum atomic E-state index is -0.732. The molecule has 7 rings (SSSR count). The first-order chi connectivity index (χ1) is 33.8. The Morgan fingerprint density at radius 1 is 0.443 bits per heavy atom. The van der Waals surface area contributed by atoms with Gasteiger partial charge in [0.25, 0.3) is 17.1 Å². The maximum atomic E-state index is 11.6. The molecule has 0 unspecified atom stereocenters. The molecule has 70 heavy (non-hydrogen) atoms. The van der Waals surface area contributed by atoms with Crippen molar-refractivity contribution in [1.82, 2.24) is 0 Å². The molecule has 1 N–H and O–H groups in total. The summed E-state index contributed by atoms with van der Waals surface area (Å²) in [5, 5.41) is 42.8. The van der Waals surface area contributed by atoms with Gasteiger partial charge in [0, 0.05) is 25.1 Å². The Kier molecular flexibility index (Phi) is 18.9. The second-order valence-electron chi connectivity index (χ2n) is 14.3. The molecule has 19 nitrogen and oxygen atoms in total. The molecule has 0 radical (unpaired) electrons. The van der Waals surface area contributed by atoms with E-state index in [1.165, 1.54) is 24.3 Å². The average Bonchev–Trinajstić information content (AvgIpc) is 3.37. The fraction of sp³-hybridized carbons (Fsp3) is 0.0980. The van der Waals surface area contributed by atoms with Gasteiger partial charge in [0.15, 0.2) is 53.4 Å². The highest BCUT2D eigenvalue weighted by Crippen LogP contribution is 2.39. The first-order valence-electron chi connectivity index (χ1n) is 20.7. The van der Waals surface area contributed by atoms with E-state index in [-0.39, 0.29) is 90.1 Å². The fourth-order valence-corrected chi connectivity index (χ4v) is 6.21. The third-order valence-corrected chi connectivity index (χ3v) is 9.56. The van der Waals surface area contributed by atoms with Crippen LogP contribution in [-0.4, -0.2) is 44.7 Å². The minimum absolute atomic E-state index is 0.0292. The molecule has 0 atom stereocenters. The topological polar surface area (TPSA) is 264 Å². The van der Waals surface area contributed by atoms with Gasteiger partial charge in [-0.15, -0.1) is 0 Å². The van der Waals surface area contributed by atoms with Gasteiger partial charge in [-0.25, -0.2) is 0 Å². The predicted octanol–water partition coefficient (Wildman–Crippen LogP) is 10.2. The van der Waals surface area contributed by atoms with E-state index in [1.807, 2.05) is 121 Å². The van der Waals surface area contributed by atoms with Crippen LogP contribution in [0.1, 0.15) is 60.3 Å². The van der Waals surface area contributed by atoms with E-state index in [4.69, 9.17) is 23.7 Å². The lowest BCUT2D eigenvalue weighted by Crippen LogP contribution is -2.08. The van der Waals surface area contributed by atoms with Gasteiger partial charge in [-0.05, 0) is 40.5 Å². The SMILES string of the molecule is CC(=O)Oc1c(OCc2ccccc2)ccc([N+](=O)[O-])c1C=O.O=Cc1c([N+](=O)[O-])ccc(OCc2ccccc2)c1O.O=Cc1c([N+](=O)[O-])ccc(OCc2ccccc2)c1OCc1ccccc1. The van der Waals surface area contributed by atoms with Gasteiger partial charge in [0.2, 0.25) is 0 Å². The molecular formula is C51H41N3O16. The van der Waals surface area contributed by atoms with Gasteiger partial charge in [-0.1, -0.05) is 121 Å². The van der Waals surface area contributed by atoms with Crippen molar-refractivity contribution in [2.75, 3.05) is 0 Å². The van der Waals surface area contributed by atoms with Gasteiger partial charge in [-0.3, -0.25) is 49.5 Å². The zero-order chi connectivity index (χ0) is 50.4. The Labute approximate surface area is 398 Å². The monoisotopic (exact) mass is 951 g/mol. The maximum absolute atomic E-state index is 11.6. The summed E-state index contributed by atoms with van der Waals surface area (Å²) in [5.74, 6) is -1.03. The van der Waals surface area contributed by atoms with Crippen LogP contribution in [0.15, 0.2) is 158 Å². The van der Waals surface area contributed by atoms with Crippen LogP contribution in [-0.2, 0) is 31.2 Å². The highest BCUT2D eigenvalue weighted by Gasteiger charge is 2.25. The summed E-state index contributed by atoms with van der Waals surface area (Å²) in [6.07, 6.45) is 0.933. The number of carbonyl (C=O) groups is 4. The van der Waals surface area contributed by atoms with Gasteiger partial charge in [0.05, 0.1) is 14.8 Å². The Hall–Kier alpha value is -9.78. The molecule has 0 spiro atoms.